The van der Waals surface area contributed by atoms with Gasteiger partial charge in [0.1, 0.15) is 0 Å². The van der Waals surface area contributed by atoms with E-state index in [4.69, 9.17) is 0 Å². The van der Waals surface area contributed by atoms with E-state index in [-0.39, 0.29) is 64.2 Å². The molecule has 1 saturated heterocycles. The van der Waals surface area contributed by atoms with Crippen LogP contribution < -0.4 is 10.6 Å². The summed E-state index contributed by atoms with van der Waals surface area (Å²) in [6.45, 7) is 6.35. The van der Waals surface area contributed by atoms with Crippen molar-refractivity contribution in [2.75, 3.05) is 32.9 Å². The number of thioether (sulfide) groups is 1. The molecule has 152 valence electrons. The third kappa shape index (κ3) is 4.63. The fraction of sp³-hybridized carbons (Fsp3) is 0.737. The van der Waals surface area contributed by atoms with Crippen LogP contribution in [0.25, 0.3) is 0 Å². The fourth-order valence-corrected chi connectivity index (χ4v) is 4.43. The van der Waals surface area contributed by atoms with E-state index in [0.29, 0.717) is 13.1 Å². The van der Waals surface area contributed by atoms with Crippen molar-refractivity contribution in [1.29, 1.82) is 0 Å². The summed E-state index contributed by atoms with van der Waals surface area (Å²) in [5.41, 5.74) is 0. The molecule has 3 rings (SSSR count). The van der Waals surface area contributed by atoms with Gasteiger partial charge in [0.15, 0.2) is 5.96 Å². The smallest absolute Gasteiger partial charge is 0.233 e. The monoisotopic (exact) mass is 506 g/mol. The van der Waals surface area contributed by atoms with Gasteiger partial charge in [-0.3, -0.25) is 19.5 Å². The van der Waals surface area contributed by atoms with Crippen LogP contribution in [0, 0.1) is 23.7 Å². The summed E-state index contributed by atoms with van der Waals surface area (Å²) in [5, 5.41) is 6.59. The van der Waals surface area contributed by atoms with Crippen molar-refractivity contribution >= 4 is 53.5 Å². The molecule has 2 bridgehead atoms. The van der Waals surface area contributed by atoms with Gasteiger partial charge in [0.2, 0.25) is 11.8 Å². The van der Waals surface area contributed by atoms with Gasteiger partial charge in [-0.2, -0.15) is 11.8 Å². The fourth-order valence-electron chi connectivity index (χ4n) is 4.22. The highest BCUT2D eigenvalue weighted by Crippen LogP contribution is 2.52. The molecule has 0 aromatic rings. The predicted octanol–water partition coefficient (Wildman–Crippen LogP) is 2.11. The number of rotatable bonds is 7. The summed E-state index contributed by atoms with van der Waals surface area (Å²) in [6.07, 6.45) is 8.07. The highest BCUT2D eigenvalue weighted by Gasteiger charge is 2.58. The van der Waals surface area contributed by atoms with Crippen molar-refractivity contribution in [2.45, 2.75) is 31.4 Å². The van der Waals surface area contributed by atoms with E-state index in [2.05, 4.69) is 47.9 Å². The zero-order valence-electron chi connectivity index (χ0n) is 16.5. The lowest BCUT2D eigenvalue weighted by Crippen LogP contribution is -2.44. The van der Waals surface area contributed by atoms with Crippen LogP contribution in [0.15, 0.2) is 17.1 Å². The van der Waals surface area contributed by atoms with E-state index in [1.807, 2.05) is 0 Å². The van der Waals surface area contributed by atoms with Crippen LogP contribution >= 0.6 is 35.7 Å². The Morgan fingerprint density at radius 1 is 1.22 bits per heavy atom. The normalized spacial score (nSPS) is 29.2. The van der Waals surface area contributed by atoms with Gasteiger partial charge in [0.25, 0.3) is 0 Å². The molecular weight excluding hydrogens is 475 g/mol. The number of guanidine groups is 1. The van der Waals surface area contributed by atoms with Gasteiger partial charge >= 0.3 is 0 Å². The number of aliphatic imine (C=N–C) groups is 1. The molecule has 0 aromatic carbocycles. The lowest BCUT2D eigenvalue weighted by molar-refractivity contribution is -0.140. The Morgan fingerprint density at radius 3 is 2.33 bits per heavy atom. The molecule has 6 nitrogen and oxygen atoms in total. The number of carbonyl (C=O) groups is 2. The second-order valence-corrected chi connectivity index (χ2v) is 9.51. The summed E-state index contributed by atoms with van der Waals surface area (Å²) in [5.74, 6) is 1.23. The van der Waals surface area contributed by atoms with E-state index in [1.54, 1.807) is 18.8 Å². The number of halogens is 1. The Bertz CT molecular complexity index is 607. The second-order valence-electron chi connectivity index (χ2n) is 8.00. The molecule has 2 N–H and O–H groups in total. The standard InChI is InChI=1S/C19H30N4O2S.HI/c1-19(2,26-4)11-22-18(20-3)21-8-5-9-23-16(24)14-12-6-7-13(10-12)15(14)17(23)25;/h6-7,12-15H,5,8-11H2,1-4H3,(H2,20,21,22);1H. The lowest BCUT2D eigenvalue weighted by Gasteiger charge is -2.24. The quantitative estimate of drug-likeness (QED) is 0.138. The molecule has 1 heterocycles. The van der Waals surface area contributed by atoms with Crippen LogP contribution in [0.3, 0.4) is 0 Å². The molecule has 1 aliphatic heterocycles. The summed E-state index contributed by atoms with van der Waals surface area (Å²) < 4.78 is 0.136. The molecule has 2 fully saturated rings. The third-order valence-corrected chi connectivity index (χ3v) is 7.12. The minimum absolute atomic E-state index is 0. The topological polar surface area (TPSA) is 73.8 Å². The lowest BCUT2D eigenvalue weighted by atomic mass is 9.85. The Morgan fingerprint density at radius 2 is 1.81 bits per heavy atom. The number of fused-ring (bicyclic) bond motifs is 5. The van der Waals surface area contributed by atoms with Crippen LogP contribution in [-0.4, -0.2) is 60.4 Å². The van der Waals surface area contributed by atoms with Crippen molar-refractivity contribution in [3.8, 4) is 0 Å². The van der Waals surface area contributed by atoms with Gasteiger partial charge in [0, 0.05) is 31.4 Å². The zero-order chi connectivity index (χ0) is 18.9. The molecule has 3 aliphatic rings. The third-order valence-electron chi connectivity index (χ3n) is 5.87. The minimum atomic E-state index is -0.0892. The number of amides is 2. The summed E-state index contributed by atoms with van der Waals surface area (Å²) in [4.78, 5) is 31.0. The largest absolute Gasteiger partial charge is 0.356 e. The van der Waals surface area contributed by atoms with Gasteiger partial charge in [-0.25, -0.2) is 0 Å². The van der Waals surface area contributed by atoms with E-state index >= 15 is 0 Å². The maximum Gasteiger partial charge on any atom is 0.233 e. The average Bonchev–Trinajstić information content (AvgIpc) is 3.30. The van der Waals surface area contributed by atoms with E-state index < -0.39 is 0 Å². The molecule has 27 heavy (non-hydrogen) atoms. The second kappa shape index (κ2) is 9.15. The highest BCUT2D eigenvalue weighted by molar-refractivity contribution is 14.0. The van der Waals surface area contributed by atoms with Gasteiger partial charge < -0.3 is 10.6 Å². The molecule has 0 aromatic heterocycles. The van der Waals surface area contributed by atoms with Crippen LogP contribution in [0.2, 0.25) is 0 Å². The number of carbonyl (C=O) groups excluding carboxylic acids is 2. The van der Waals surface area contributed by atoms with Crippen molar-refractivity contribution in [3.63, 3.8) is 0 Å². The molecule has 4 unspecified atom stereocenters. The van der Waals surface area contributed by atoms with Crippen LogP contribution in [0.4, 0.5) is 0 Å². The first-order valence-electron chi connectivity index (χ1n) is 9.41. The molecule has 8 heteroatoms. The molecule has 1 saturated carbocycles. The molecule has 0 radical (unpaired) electrons. The van der Waals surface area contributed by atoms with Crippen LogP contribution in [0.1, 0.15) is 26.7 Å². The number of hydrogen-bond acceptors (Lipinski definition) is 4. The Labute approximate surface area is 183 Å². The average molecular weight is 506 g/mol. The number of nitrogens with zero attached hydrogens (tertiary/aromatic N) is 2. The van der Waals surface area contributed by atoms with E-state index in [0.717, 1.165) is 25.3 Å². The van der Waals surface area contributed by atoms with Crippen molar-refractivity contribution in [1.82, 2.24) is 15.5 Å². The number of allylic oxidation sites excluding steroid dienone is 2. The van der Waals surface area contributed by atoms with Gasteiger partial charge in [-0.15, -0.1) is 24.0 Å². The van der Waals surface area contributed by atoms with Crippen LogP contribution in [-0.2, 0) is 9.59 Å². The van der Waals surface area contributed by atoms with Gasteiger partial charge in [-0.1, -0.05) is 12.2 Å². The summed E-state index contributed by atoms with van der Waals surface area (Å²) in [6, 6.07) is 0. The minimum Gasteiger partial charge on any atom is -0.356 e. The SMILES string of the molecule is CN=C(NCCCN1C(=O)C2C3C=CC(C3)C2C1=O)NCC(C)(C)SC.I. The molecule has 2 aliphatic carbocycles. The number of hydrogen-bond donors (Lipinski definition) is 2. The van der Waals surface area contributed by atoms with Crippen molar-refractivity contribution < 1.29 is 9.59 Å². The molecule has 2 amide bonds. The predicted molar refractivity (Wildman–Crippen MR) is 121 cm³/mol. The van der Waals surface area contributed by atoms with E-state index in [1.165, 1.54) is 4.90 Å². The Hall–Kier alpha value is -0.770. The summed E-state index contributed by atoms with van der Waals surface area (Å²) in [7, 11) is 1.75. The number of imide groups is 1. The Balaban J connectivity index is 0.00000261. The number of likely N-dealkylation sites (tertiary alicyclic amines) is 1. The molecule has 4 atom stereocenters. The molecule has 0 spiro atoms. The Kier molecular flexibility index (Phi) is 7.63. The molecular formula is C19H31IN4O2S. The maximum atomic E-state index is 12.6. The van der Waals surface area contributed by atoms with E-state index in [9.17, 15) is 9.59 Å². The van der Waals surface area contributed by atoms with Crippen molar-refractivity contribution in [2.24, 2.45) is 28.7 Å². The van der Waals surface area contributed by atoms with Gasteiger partial charge in [0.05, 0.1) is 11.8 Å². The first-order valence-corrected chi connectivity index (χ1v) is 10.6. The van der Waals surface area contributed by atoms with Crippen LogP contribution in [0.5, 0.6) is 0 Å². The van der Waals surface area contributed by atoms with Crippen molar-refractivity contribution in [3.05, 3.63) is 12.2 Å². The highest BCUT2D eigenvalue weighted by atomic mass is 127. The zero-order valence-corrected chi connectivity index (χ0v) is 19.7. The first-order chi connectivity index (χ1) is 12.4. The first kappa shape index (κ1) is 22.5. The maximum absolute atomic E-state index is 12.6. The number of nitrogens with one attached hydrogen (secondary N) is 2. The summed E-state index contributed by atoms with van der Waals surface area (Å²) >= 11 is 1.81. The van der Waals surface area contributed by atoms with Gasteiger partial charge in [-0.05, 0) is 44.8 Å².